The number of carbonyl (C=O) groups is 12. The standard InChI is InChI=1S/C46H77N11O19/c1-4-6-7-8-9-10-11-12-13-18-35(63)55-36(37(64)46(73)74)44(71)54-33(25-60)42(69)50-29(19-20-34(47)62)40(67)53-31(23-58)41(68)49-28(16-14-21-56(75)26(3)61)39(66)48-27(5-2)38(65)52-32(24-59)43(70)51-30-17-15-22-57(76)45(30)72/h5,28-33,36-37,58-60,64,75-76H,4,6-25H2,1-3H3,(H2,47,62)(H,48,66)(H,49,68)(H,50,69)(H,51,70)(H,52,65)(H,53,67)(H,54,71)(H,55,63)(H,73,74)/b27-5+/t28-,29-,30+,31-,32+,33+,36+,37+/m0/s1. The number of allylic oxidation sites excluding steroid dienone is 1. The molecule has 0 radical (unpaired) electrons. The Bertz CT molecular complexity index is 2030. The average molecular weight is 1090 g/mol. The molecule has 17 N–H and O–H groups in total. The fourth-order valence-corrected chi connectivity index (χ4v) is 7.34. The second kappa shape index (κ2) is 36.2. The Morgan fingerprint density at radius 1 is 0.684 bits per heavy atom. The Morgan fingerprint density at radius 2 is 1.18 bits per heavy atom. The lowest BCUT2D eigenvalue weighted by molar-refractivity contribution is -0.173. The second-order valence-electron chi connectivity index (χ2n) is 17.9. The number of hydroxylamine groups is 4. The van der Waals surface area contributed by atoms with Gasteiger partial charge < -0.3 is 73.8 Å². The van der Waals surface area contributed by atoms with Crippen molar-refractivity contribution in [2.75, 3.05) is 32.9 Å². The second-order valence-corrected chi connectivity index (χ2v) is 17.9. The molecule has 0 aromatic rings. The molecule has 76 heavy (non-hydrogen) atoms. The summed E-state index contributed by atoms with van der Waals surface area (Å²) in [5.74, 6) is -14.0. The van der Waals surface area contributed by atoms with Gasteiger partial charge in [-0.15, -0.1) is 0 Å². The maximum atomic E-state index is 13.7. The van der Waals surface area contributed by atoms with E-state index in [-0.39, 0.29) is 32.4 Å². The highest BCUT2D eigenvalue weighted by molar-refractivity contribution is 6.02. The predicted molar refractivity (Wildman–Crippen MR) is 262 cm³/mol. The number of nitrogens with two attached hydrogens (primary N) is 1. The van der Waals surface area contributed by atoms with Crippen LogP contribution in [0, 0.1) is 0 Å². The molecule has 0 saturated carbocycles. The maximum Gasteiger partial charge on any atom is 0.335 e. The van der Waals surface area contributed by atoms with E-state index in [1.165, 1.54) is 6.92 Å². The van der Waals surface area contributed by atoms with E-state index in [2.05, 4.69) is 44.1 Å². The molecule has 30 heteroatoms. The number of aliphatic carboxylic acids is 1. The Balaban J connectivity index is 3.22. The van der Waals surface area contributed by atoms with Gasteiger partial charge in [0.05, 0.1) is 19.8 Å². The number of aliphatic hydroxyl groups excluding tert-OH is 4. The van der Waals surface area contributed by atoms with Crippen molar-refractivity contribution in [3.05, 3.63) is 11.8 Å². The first-order chi connectivity index (χ1) is 36.0. The first-order valence-corrected chi connectivity index (χ1v) is 25.0. The average Bonchev–Trinajstić information content (AvgIpc) is 3.37. The number of nitrogens with zero attached hydrogens (tertiary/aromatic N) is 2. The topological polar surface area (TPSA) is 475 Å². The SMILES string of the molecule is C/C=C(/NC(=O)[C@H](CCCN(O)C(C)=O)NC(=O)[C@H](CO)NC(=O)[C@H](CCC(N)=O)NC(=O)[C@@H](CO)NC(=O)[C@H](NC(=O)CCCCCCCCCCC)[C@@H](O)C(=O)O)C(=O)N[C@H](CO)C(=O)N[C@@H]1CCCN(O)C1=O. The number of carboxylic acids is 1. The van der Waals surface area contributed by atoms with Crippen LogP contribution in [0.5, 0.6) is 0 Å². The molecule has 30 nitrogen and oxygen atoms in total. The largest absolute Gasteiger partial charge is 0.479 e. The predicted octanol–water partition coefficient (Wildman–Crippen LogP) is -4.96. The summed E-state index contributed by atoms with van der Waals surface area (Å²) in [6.07, 6.45) is 5.40. The molecule has 0 aromatic heterocycles. The number of primary amides is 1. The lowest BCUT2D eigenvalue weighted by atomic mass is 10.1. The van der Waals surface area contributed by atoms with Crippen LogP contribution in [0.4, 0.5) is 0 Å². The lowest BCUT2D eigenvalue weighted by Crippen LogP contribution is -2.62. The van der Waals surface area contributed by atoms with E-state index >= 15 is 0 Å². The van der Waals surface area contributed by atoms with Crippen LogP contribution in [0.15, 0.2) is 11.8 Å². The van der Waals surface area contributed by atoms with Crippen molar-refractivity contribution >= 4 is 70.9 Å². The third-order valence-electron chi connectivity index (χ3n) is 11.8. The zero-order valence-electron chi connectivity index (χ0n) is 43.0. The molecule has 1 saturated heterocycles. The molecule has 11 amide bonds. The first-order valence-electron chi connectivity index (χ1n) is 25.0. The lowest BCUT2D eigenvalue weighted by Gasteiger charge is -2.29. The number of hydrogen-bond acceptors (Lipinski definition) is 18. The van der Waals surface area contributed by atoms with Crippen LogP contribution in [-0.2, 0) is 57.5 Å². The smallest absolute Gasteiger partial charge is 0.335 e. The summed E-state index contributed by atoms with van der Waals surface area (Å²) in [6, 6.07) is -12.5. The summed E-state index contributed by atoms with van der Waals surface area (Å²) < 4.78 is 0. The van der Waals surface area contributed by atoms with Crippen molar-refractivity contribution in [3.63, 3.8) is 0 Å². The van der Waals surface area contributed by atoms with Crippen molar-refractivity contribution in [1.82, 2.24) is 52.7 Å². The highest BCUT2D eigenvalue weighted by Crippen LogP contribution is 2.13. The van der Waals surface area contributed by atoms with Gasteiger partial charge in [-0.2, -0.15) is 0 Å². The minimum Gasteiger partial charge on any atom is -0.479 e. The van der Waals surface area contributed by atoms with E-state index in [1.54, 1.807) is 0 Å². The third-order valence-corrected chi connectivity index (χ3v) is 11.8. The number of carbonyl (C=O) groups excluding carboxylic acids is 11. The Labute approximate surface area is 438 Å². The molecule has 0 aromatic carbocycles. The highest BCUT2D eigenvalue weighted by atomic mass is 16.5. The number of aliphatic hydroxyl groups is 4. The van der Waals surface area contributed by atoms with Crippen molar-refractivity contribution in [2.24, 2.45) is 5.73 Å². The van der Waals surface area contributed by atoms with E-state index in [0.29, 0.717) is 29.4 Å². The van der Waals surface area contributed by atoms with Crippen molar-refractivity contribution in [2.45, 2.75) is 172 Å². The number of nitrogens with one attached hydrogen (secondary N) is 8. The number of piperidine rings is 1. The van der Waals surface area contributed by atoms with Gasteiger partial charge >= 0.3 is 5.97 Å². The van der Waals surface area contributed by atoms with Crippen LogP contribution in [0.25, 0.3) is 0 Å². The summed E-state index contributed by atoms with van der Waals surface area (Å²) in [5.41, 5.74) is 4.72. The first kappa shape index (κ1) is 67.2. The number of hydrogen-bond donors (Lipinski definition) is 16. The Morgan fingerprint density at radius 3 is 1.70 bits per heavy atom. The van der Waals surface area contributed by atoms with Crippen molar-refractivity contribution in [1.29, 1.82) is 0 Å². The summed E-state index contributed by atoms with van der Waals surface area (Å²) in [5, 5.41) is 87.6. The minimum absolute atomic E-state index is 0.0232. The molecule has 8 atom stereocenters. The van der Waals surface area contributed by atoms with E-state index in [4.69, 9.17) is 5.73 Å². The normalized spacial score (nSPS) is 16.2. The molecule has 0 aliphatic carbocycles. The molecular weight excluding hydrogens is 1010 g/mol. The van der Waals surface area contributed by atoms with Crippen LogP contribution >= 0.6 is 0 Å². The number of carboxylic acid groups (broad SMARTS) is 1. The number of rotatable bonds is 37. The Kier molecular flexibility index (Phi) is 32.0. The number of amides is 11. The van der Waals surface area contributed by atoms with Crippen LogP contribution in [0.1, 0.15) is 124 Å². The monoisotopic (exact) mass is 1090 g/mol. The van der Waals surface area contributed by atoms with Gasteiger partial charge in [-0.3, -0.25) is 63.2 Å². The van der Waals surface area contributed by atoms with Gasteiger partial charge in [-0.05, 0) is 45.4 Å². The fraction of sp³-hybridized carbons (Fsp3) is 0.696. The van der Waals surface area contributed by atoms with Gasteiger partial charge in [0.1, 0.15) is 48.0 Å². The zero-order valence-corrected chi connectivity index (χ0v) is 43.0. The summed E-state index contributed by atoms with van der Waals surface area (Å²) in [7, 11) is 0. The van der Waals surface area contributed by atoms with Gasteiger partial charge in [0, 0.05) is 32.9 Å². The molecular formula is C46H77N11O19. The molecule has 1 aliphatic heterocycles. The van der Waals surface area contributed by atoms with Crippen LogP contribution < -0.4 is 48.3 Å². The van der Waals surface area contributed by atoms with E-state index in [9.17, 15) is 93.5 Å². The maximum absolute atomic E-state index is 13.7. The molecule has 1 aliphatic rings. The van der Waals surface area contributed by atoms with Crippen molar-refractivity contribution in [3.8, 4) is 0 Å². The van der Waals surface area contributed by atoms with Gasteiger partial charge in [-0.25, -0.2) is 14.9 Å². The van der Waals surface area contributed by atoms with Crippen LogP contribution in [-0.4, -0.2) is 198 Å². The summed E-state index contributed by atoms with van der Waals surface area (Å²) in [6.45, 7) is 0.660. The van der Waals surface area contributed by atoms with Gasteiger partial charge in [0.15, 0.2) is 6.10 Å². The minimum atomic E-state index is -2.52. The van der Waals surface area contributed by atoms with Crippen LogP contribution in [0.2, 0.25) is 0 Å². The quantitative estimate of drug-likeness (QED) is 0.0120. The van der Waals surface area contributed by atoms with E-state index < -0.39 is 164 Å². The molecule has 0 bridgehead atoms. The van der Waals surface area contributed by atoms with E-state index in [0.717, 1.165) is 57.9 Å². The molecule has 1 heterocycles. The molecule has 1 rings (SSSR count). The van der Waals surface area contributed by atoms with Gasteiger partial charge in [0.2, 0.25) is 53.2 Å². The Hall–Kier alpha value is -6.86. The molecule has 1 fully saturated rings. The highest BCUT2D eigenvalue weighted by Gasteiger charge is 2.38. The molecule has 430 valence electrons. The summed E-state index contributed by atoms with van der Waals surface area (Å²) in [4.78, 5) is 154. The third kappa shape index (κ3) is 24.7. The van der Waals surface area contributed by atoms with Crippen LogP contribution in [0.3, 0.4) is 0 Å². The fourth-order valence-electron chi connectivity index (χ4n) is 7.34. The van der Waals surface area contributed by atoms with Gasteiger partial charge in [-0.1, -0.05) is 64.4 Å². The molecule has 0 spiro atoms. The number of unbranched alkanes of at least 4 members (excludes halogenated alkanes) is 8. The summed E-state index contributed by atoms with van der Waals surface area (Å²) >= 11 is 0. The van der Waals surface area contributed by atoms with Gasteiger partial charge in [0.25, 0.3) is 11.8 Å². The van der Waals surface area contributed by atoms with Crippen molar-refractivity contribution < 1.29 is 93.5 Å². The molecule has 0 unspecified atom stereocenters. The van der Waals surface area contributed by atoms with E-state index in [1.807, 2.05) is 5.32 Å². The zero-order chi connectivity index (χ0) is 57.5.